The van der Waals surface area contributed by atoms with Gasteiger partial charge in [0.05, 0.1) is 0 Å². The highest BCUT2D eigenvalue weighted by Gasteiger charge is 2.20. The van der Waals surface area contributed by atoms with Crippen molar-refractivity contribution in [3.05, 3.63) is 24.2 Å². The summed E-state index contributed by atoms with van der Waals surface area (Å²) in [7, 11) is 0. The van der Waals surface area contributed by atoms with E-state index in [4.69, 9.17) is 0 Å². The zero-order chi connectivity index (χ0) is 13.2. The predicted molar refractivity (Wildman–Crippen MR) is 77.1 cm³/mol. The van der Waals surface area contributed by atoms with E-state index in [0.717, 1.165) is 29.5 Å². The molecule has 0 bridgehead atoms. The molecule has 4 heteroatoms. The van der Waals surface area contributed by atoms with Crippen molar-refractivity contribution in [2.45, 2.75) is 33.2 Å². The van der Waals surface area contributed by atoms with Crippen LogP contribution in [0.5, 0.6) is 0 Å². The van der Waals surface area contributed by atoms with Crippen molar-refractivity contribution in [1.29, 1.82) is 0 Å². The summed E-state index contributed by atoms with van der Waals surface area (Å²) >= 11 is 0. The van der Waals surface area contributed by atoms with Crippen LogP contribution in [0.3, 0.4) is 0 Å². The first kappa shape index (κ1) is 12.6. The Morgan fingerprint density at radius 1 is 1.42 bits per heavy atom. The summed E-state index contributed by atoms with van der Waals surface area (Å²) in [6.45, 7) is 9.02. The molecule has 0 saturated carbocycles. The van der Waals surface area contributed by atoms with Gasteiger partial charge in [-0.1, -0.05) is 6.92 Å². The van der Waals surface area contributed by atoms with Crippen molar-refractivity contribution in [1.82, 2.24) is 19.4 Å². The van der Waals surface area contributed by atoms with E-state index in [9.17, 15) is 0 Å². The van der Waals surface area contributed by atoms with Crippen LogP contribution in [0.1, 0.15) is 25.6 Å². The molecular weight excluding hydrogens is 236 g/mol. The van der Waals surface area contributed by atoms with Crippen LogP contribution in [0.2, 0.25) is 0 Å². The Kier molecular flexibility index (Phi) is 3.51. The number of hydrogen-bond acceptors (Lipinski definition) is 3. The van der Waals surface area contributed by atoms with E-state index in [0.29, 0.717) is 0 Å². The van der Waals surface area contributed by atoms with Crippen LogP contribution < -0.4 is 0 Å². The van der Waals surface area contributed by atoms with Crippen LogP contribution in [0.4, 0.5) is 0 Å². The highest BCUT2D eigenvalue weighted by atomic mass is 15.2. The lowest BCUT2D eigenvalue weighted by Gasteiger charge is -2.32. The minimum atomic E-state index is 0.729. The van der Waals surface area contributed by atoms with Crippen molar-refractivity contribution in [3.8, 4) is 0 Å². The quantitative estimate of drug-likeness (QED) is 0.848. The Bertz CT molecular complexity index is 560. The Hall–Kier alpha value is -1.42. The summed E-state index contributed by atoms with van der Waals surface area (Å²) in [5.41, 5.74) is 2.05. The first-order valence-corrected chi connectivity index (χ1v) is 7.28. The molecule has 102 valence electrons. The van der Waals surface area contributed by atoms with E-state index in [1.165, 1.54) is 32.5 Å². The number of rotatable bonds is 3. The predicted octanol–water partition coefficient (Wildman–Crippen LogP) is 2.47. The van der Waals surface area contributed by atoms with Crippen molar-refractivity contribution in [2.75, 3.05) is 19.6 Å². The molecule has 1 atom stereocenters. The molecule has 1 saturated heterocycles. The van der Waals surface area contributed by atoms with Gasteiger partial charge in [0.15, 0.2) is 5.65 Å². The van der Waals surface area contributed by atoms with Gasteiger partial charge in [-0.2, -0.15) is 0 Å². The number of piperidine rings is 1. The number of pyridine rings is 1. The zero-order valence-corrected chi connectivity index (χ0v) is 11.8. The molecule has 0 spiro atoms. The van der Waals surface area contributed by atoms with Crippen molar-refractivity contribution in [2.24, 2.45) is 5.92 Å². The monoisotopic (exact) mass is 258 g/mol. The molecule has 1 unspecified atom stereocenters. The van der Waals surface area contributed by atoms with Crippen molar-refractivity contribution < 1.29 is 0 Å². The second-order valence-corrected chi connectivity index (χ2v) is 5.52. The summed E-state index contributed by atoms with van der Waals surface area (Å²) in [5, 5.41) is 0. The van der Waals surface area contributed by atoms with Gasteiger partial charge in [-0.15, -0.1) is 0 Å². The molecular formula is C15H22N4. The normalized spacial score (nSPS) is 21.1. The summed E-state index contributed by atoms with van der Waals surface area (Å²) < 4.78 is 2.29. The lowest BCUT2D eigenvalue weighted by molar-refractivity contribution is 0.170. The zero-order valence-electron chi connectivity index (χ0n) is 11.8. The molecule has 0 aliphatic carbocycles. The first-order chi connectivity index (χ1) is 9.28. The fourth-order valence-corrected chi connectivity index (χ4v) is 3.14. The Morgan fingerprint density at radius 2 is 2.32 bits per heavy atom. The Labute approximate surface area is 114 Å². The minimum absolute atomic E-state index is 0.729. The fourth-order valence-electron chi connectivity index (χ4n) is 3.14. The number of aromatic nitrogens is 3. The van der Waals surface area contributed by atoms with Gasteiger partial charge in [0.2, 0.25) is 0 Å². The van der Waals surface area contributed by atoms with E-state index < -0.39 is 0 Å². The van der Waals surface area contributed by atoms with E-state index >= 15 is 0 Å². The molecule has 2 aromatic rings. The highest BCUT2D eigenvalue weighted by Crippen LogP contribution is 2.21. The summed E-state index contributed by atoms with van der Waals surface area (Å²) in [6, 6.07) is 4.00. The van der Waals surface area contributed by atoms with E-state index in [2.05, 4.69) is 33.3 Å². The smallest absolute Gasteiger partial charge is 0.159 e. The molecule has 19 heavy (non-hydrogen) atoms. The summed E-state index contributed by atoms with van der Waals surface area (Å²) in [6.07, 6.45) is 4.50. The summed E-state index contributed by atoms with van der Waals surface area (Å²) in [5.74, 6) is 1.81. The number of imidazole rings is 1. The van der Waals surface area contributed by atoms with Crippen molar-refractivity contribution in [3.63, 3.8) is 0 Å². The molecule has 1 aliphatic heterocycles. The average molecular weight is 258 g/mol. The summed E-state index contributed by atoms with van der Waals surface area (Å²) in [4.78, 5) is 11.6. The van der Waals surface area contributed by atoms with E-state index in [1.807, 2.05) is 18.3 Å². The largest absolute Gasteiger partial charge is 0.313 e. The van der Waals surface area contributed by atoms with Crippen LogP contribution in [0, 0.1) is 12.8 Å². The van der Waals surface area contributed by atoms with Gasteiger partial charge < -0.3 is 9.47 Å². The highest BCUT2D eigenvalue weighted by molar-refractivity contribution is 5.71. The van der Waals surface area contributed by atoms with Gasteiger partial charge in [-0.3, -0.25) is 0 Å². The second kappa shape index (κ2) is 5.29. The maximum absolute atomic E-state index is 4.60. The maximum Gasteiger partial charge on any atom is 0.159 e. The molecule has 2 aromatic heterocycles. The number of hydrogen-bond donors (Lipinski definition) is 0. The van der Waals surface area contributed by atoms with Gasteiger partial charge in [-0.05, 0) is 50.9 Å². The number of fused-ring (bicyclic) bond motifs is 1. The fraction of sp³-hybridized carbons (Fsp3) is 0.600. The Balaban J connectivity index is 1.83. The van der Waals surface area contributed by atoms with Gasteiger partial charge >= 0.3 is 0 Å². The Morgan fingerprint density at radius 3 is 3.16 bits per heavy atom. The first-order valence-electron chi connectivity index (χ1n) is 7.28. The average Bonchev–Trinajstić information content (AvgIpc) is 2.76. The molecule has 0 N–H and O–H groups in total. The standard InChI is InChI=1S/C15H22N4/c1-3-18-9-5-6-13(10-18)11-19-12(2)17-14-7-4-8-16-15(14)19/h4,7-8,13H,3,5-6,9-11H2,1-2H3. The third-order valence-corrected chi connectivity index (χ3v) is 4.19. The topological polar surface area (TPSA) is 34.0 Å². The third kappa shape index (κ3) is 2.50. The SMILES string of the molecule is CCN1CCCC(Cn2c(C)nc3cccnc32)C1. The number of nitrogens with zero attached hydrogens (tertiary/aromatic N) is 4. The van der Waals surface area contributed by atoms with Gasteiger partial charge in [-0.25, -0.2) is 9.97 Å². The molecule has 3 heterocycles. The molecule has 1 aliphatic rings. The lowest BCUT2D eigenvalue weighted by Crippen LogP contribution is -2.36. The molecule has 0 aromatic carbocycles. The molecule has 4 nitrogen and oxygen atoms in total. The molecule has 0 amide bonds. The number of likely N-dealkylation sites (tertiary alicyclic amines) is 1. The van der Waals surface area contributed by atoms with Gasteiger partial charge in [0.1, 0.15) is 11.3 Å². The maximum atomic E-state index is 4.60. The number of aryl methyl sites for hydroxylation is 1. The van der Waals surface area contributed by atoms with Gasteiger partial charge in [0.25, 0.3) is 0 Å². The van der Waals surface area contributed by atoms with E-state index in [-0.39, 0.29) is 0 Å². The molecule has 0 radical (unpaired) electrons. The second-order valence-electron chi connectivity index (χ2n) is 5.52. The van der Waals surface area contributed by atoms with Crippen LogP contribution in [-0.2, 0) is 6.54 Å². The van der Waals surface area contributed by atoms with Crippen LogP contribution in [-0.4, -0.2) is 39.1 Å². The molecule has 1 fully saturated rings. The van der Waals surface area contributed by atoms with Crippen LogP contribution in [0.15, 0.2) is 18.3 Å². The third-order valence-electron chi connectivity index (χ3n) is 4.19. The van der Waals surface area contributed by atoms with E-state index in [1.54, 1.807) is 0 Å². The minimum Gasteiger partial charge on any atom is -0.313 e. The molecule has 3 rings (SSSR count). The van der Waals surface area contributed by atoms with Gasteiger partial charge in [0, 0.05) is 19.3 Å². The van der Waals surface area contributed by atoms with Crippen LogP contribution in [0.25, 0.3) is 11.2 Å². The lowest BCUT2D eigenvalue weighted by atomic mass is 9.98. The van der Waals surface area contributed by atoms with Crippen molar-refractivity contribution >= 4 is 11.2 Å². The van der Waals surface area contributed by atoms with Crippen LogP contribution >= 0.6 is 0 Å².